The van der Waals surface area contributed by atoms with E-state index in [0.717, 1.165) is 19.0 Å². The zero-order valence-corrected chi connectivity index (χ0v) is 5.95. The number of aldehydes is 2. The van der Waals surface area contributed by atoms with E-state index in [2.05, 4.69) is 6.58 Å². The Morgan fingerprint density at radius 2 is 2.00 bits per heavy atom. The smallest absolute Gasteiger partial charge is 0.120 e. The predicted octanol–water partition coefficient (Wildman–Crippen LogP) is 1.36. The van der Waals surface area contributed by atoms with Crippen LogP contribution in [0.3, 0.4) is 0 Å². The quantitative estimate of drug-likeness (QED) is 0.412. The van der Waals surface area contributed by atoms with Crippen molar-refractivity contribution in [2.24, 2.45) is 5.92 Å². The average Bonchev–Trinajstić information content (AvgIpc) is 1.98. The van der Waals surface area contributed by atoms with Crippen LogP contribution in [0.2, 0.25) is 0 Å². The number of carbonyl (C=O) groups excluding carboxylic acids is 2. The summed E-state index contributed by atoms with van der Waals surface area (Å²) in [6, 6.07) is 0. The number of hydrogen-bond donors (Lipinski definition) is 0. The molecule has 0 spiro atoms. The van der Waals surface area contributed by atoms with Crippen molar-refractivity contribution in [1.29, 1.82) is 0 Å². The van der Waals surface area contributed by atoms with Crippen molar-refractivity contribution in [1.82, 2.24) is 0 Å². The molecule has 0 aromatic carbocycles. The summed E-state index contributed by atoms with van der Waals surface area (Å²) < 4.78 is 0. The summed E-state index contributed by atoms with van der Waals surface area (Å²) in [5.41, 5.74) is 0. The van der Waals surface area contributed by atoms with Crippen LogP contribution in [0, 0.1) is 5.92 Å². The highest BCUT2D eigenvalue weighted by atomic mass is 16.1. The van der Waals surface area contributed by atoms with Crippen molar-refractivity contribution in [3.8, 4) is 0 Å². The minimum Gasteiger partial charge on any atom is -0.303 e. The average molecular weight is 140 g/mol. The molecule has 56 valence electrons. The van der Waals surface area contributed by atoms with Crippen LogP contribution in [0.25, 0.3) is 0 Å². The van der Waals surface area contributed by atoms with Gasteiger partial charge in [-0.2, -0.15) is 0 Å². The van der Waals surface area contributed by atoms with E-state index in [-0.39, 0.29) is 5.92 Å². The third-order valence-corrected chi connectivity index (χ3v) is 1.39. The molecule has 0 radical (unpaired) electrons. The van der Waals surface area contributed by atoms with Gasteiger partial charge in [0.25, 0.3) is 0 Å². The van der Waals surface area contributed by atoms with Crippen molar-refractivity contribution in [3.63, 3.8) is 0 Å². The van der Waals surface area contributed by atoms with Crippen molar-refractivity contribution in [3.05, 3.63) is 12.7 Å². The molecule has 0 aliphatic heterocycles. The second-order valence-corrected chi connectivity index (χ2v) is 2.14. The molecule has 0 N–H and O–H groups in total. The summed E-state index contributed by atoms with van der Waals surface area (Å²) in [5, 5.41) is 0. The minimum absolute atomic E-state index is 0.183. The molecule has 10 heavy (non-hydrogen) atoms. The van der Waals surface area contributed by atoms with E-state index in [1.807, 2.05) is 0 Å². The molecule has 2 nitrogen and oxygen atoms in total. The van der Waals surface area contributed by atoms with E-state index in [4.69, 9.17) is 0 Å². The van der Waals surface area contributed by atoms with Crippen LogP contribution < -0.4 is 0 Å². The fourth-order valence-electron chi connectivity index (χ4n) is 0.738. The van der Waals surface area contributed by atoms with Crippen LogP contribution in [0.4, 0.5) is 0 Å². The Morgan fingerprint density at radius 1 is 1.30 bits per heavy atom. The molecule has 2 heteroatoms. The summed E-state index contributed by atoms with van der Waals surface area (Å²) in [7, 11) is 0. The zero-order valence-electron chi connectivity index (χ0n) is 5.95. The highest BCUT2D eigenvalue weighted by Gasteiger charge is 2.00. The van der Waals surface area contributed by atoms with Crippen molar-refractivity contribution in [2.45, 2.75) is 19.3 Å². The number of allylic oxidation sites excluding steroid dienone is 1. The van der Waals surface area contributed by atoms with Gasteiger partial charge in [-0.15, -0.1) is 6.58 Å². The van der Waals surface area contributed by atoms with Gasteiger partial charge in [-0.05, 0) is 12.3 Å². The molecule has 0 saturated carbocycles. The fourth-order valence-corrected chi connectivity index (χ4v) is 0.738. The van der Waals surface area contributed by atoms with Gasteiger partial charge in [-0.1, -0.05) is 6.08 Å². The van der Waals surface area contributed by atoms with Crippen molar-refractivity contribution >= 4 is 12.6 Å². The van der Waals surface area contributed by atoms with E-state index in [0.29, 0.717) is 12.8 Å². The normalized spacial score (nSPS) is 12.0. The molecule has 1 atom stereocenters. The van der Waals surface area contributed by atoms with Gasteiger partial charge in [-0.25, -0.2) is 0 Å². The number of rotatable bonds is 6. The molecule has 0 heterocycles. The molecule has 0 unspecified atom stereocenters. The van der Waals surface area contributed by atoms with Gasteiger partial charge >= 0.3 is 0 Å². The maximum Gasteiger partial charge on any atom is 0.120 e. The monoisotopic (exact) mass is 140 g/mol. The number of carbonyl (C=O) groups is 2. The van der Waals surface area contributed by atoms with Gasteiger partial charge in [0.15, 0.2) is 0 Å². The summed E-state index contributed by atoms with van der Waals surface area (Å²) in [4.78, 5) is 19.9. The van der Waals surface area contributed by atoms with Gasteiger partial charge in [-0.3, -0.25) is 0 Å². The summed E-state index contributed by atoms with van der Waals surface area (Å²) in [6.07, 6.45) is 5.18. The highest BCUT2D eigenvalue weighted by molar-refractivity contribution is 5.51. The summed E-state index contributed by atoms with van der Waals surface area (Å²) in [5.74, 6) is 0.183. The Morgan fingerprint density at radius 3 is 2.40 bits per heavy atom. The van der Waals surface area contributed by atoms with Gasteiger partial charge in [0.2, 0.25) is 0 Å². The topological polar surface area (TPSA) is 34.1 Å². The molecule has 0 aliphatic carbocycles. The first-order chi connectivity index (χ1) is 4.85. The Hall–Kier alpha value is -0.920. The molecule has 0 rings (SSSR count). The van der Waals surface area contributed by atoms with Crippen molar-refractivity contribution < 1.29 is 9.59 Å². The molecule has 0 aromatic rings. The first-order valence-corrected chi connectivity index (χ1v) is 3.35. The standard InChI is InChI=1S/C8H12O2/c1-2-8(5-7-10)4-3-6-9/h2,6-8H,1,3-5H2/t8-/m0/s1. The van der Waals surface area contributed by atoms with E-state index < -0.39 is 0 Å². The molecule has 0 aliphatic rings. The van der Waals surface area contributed by atoms with Crippen LogP contribution in [0.1, 0.15) is 19.3 Å². The zero-order chi connectivity index (χ0) is 7.82. The van der Waals surface area contributed by atoms with Crippen LogP contribution in [-0.4, -0.2) is 12.6 Å². The largest absolute Gasteiger partial charge is 0.303 e. The van der Waals surface area contributed by atoms with Gasteiger partial charge < -0.3 is 9.59 Å². The second kappa shape index (κ2) is 6.20. The van der Waals surface area contributed by atoms with Crippen LogP contribution in [-0.2, 0) is 9.59 Å². The third kappa shape index (κ3) is 4.01. The maximum atomic E-state index is 10.0. The second-order valence-electron chi connectivity index (χ2n) is 2.14. The third-order valence-electron chi connectivity index (χ3n) is 1.39. The van der Waals surface area contributed by atoms with E-state index >= 15 is 0 Å². The molecular weight excluding hydrogens is 128 g/mol. The molecule has 0 aromatic heterocycles. The highest BCUT2D eigenvalue weighted by Crippen LogP contribution is 2.08. The fraction of sp³-hybridized carbons (Fsp3) is 0.500. The van der Waals surface area contributed by atoms with E-state index in [9.17, 15) is 9.59 Å². The predicted molar refractivity (Wildman–Crippen MR) is 39.7 cm³/mol. The molecule has 0 bridgehead atoms. The molecule has 0 saturated heterocycles. The van der Waals surface area contributed by atoms with E-state index in [1.165, 1.54) is 0 Å². The lowest BCUT2D eigenvalue weighted by atomic mass is 10.0. The van der Waals surface area contributed by atoms with Crippen LogP contribution in [0.15, 0.2) is 12.7 Å². The van der Waals surface area contributed by atoms with E-state index in [1.54, 1.807) is 6.08 Å². The van der Waals surface area contributed by atoms with Gasteiger partial charge in [0.05, 0.1) is 0 Å². The lowest BCUT2D eigenvalue weighted by Crippen LogP contribution is -1.96. The Kier molecular flexibility index (Phi) is 5.63. The molecule has 0 amide bonds. The molecular formula is C8H12O2. The lowest BCUT2D eigenvalue weighted by Gasteiger charge is -2.03. The van der Waals surface area contributed by atoms with Gasteiger partial charge in [0.1, 0.15) is 12.6 Å². The maximum absolute atomic E-state index is 10.0. The Balaban J connectivity index is 3.47. The first kappa shape index (κ1) is 9.08. The first-order valence-electron chi connectivity index (χ1n) is 3.35. The summed E-state index contributed by atoms with van der Waals surface area (Å²) >= 11 is 0. The molecule has 0 fully saturated rings. The van der Waals surface area contributed by atoms with Crippen LogP contribution in [0.5, 0.6) is 0 Å². The Labute approximate surface area is 60.9 Å². The van der Waals surface area contributed by atoms with Crippen LogP contribution >= 0.6 is 0 Å². The van der Waals surface area contributed by atoms with Crippen molar-refractivity contribution in [2.75, 3.05) is 0 Å². The van der Waals surface area contributed by atoms with Gasteiger partial charge in [0, 0.05) is 12.8 Å². The SMILES string of the molecule is C=C[C@H](CC=O)CCC=O. The Bertz CT molecular complexity index is 118. The summed E-state index contributed by atoms with van der Waals surface area (Å²) in [6.45, 7) is 3.56. The minimum atomic E-state index is 0.183. The number of hydrogen-bond acceptors (Lipinski definition) is 2. The lowest BCUT2D eigenvalue weighted by molar-refractivity contribution is -0.110.